The average Bonchev–Trinajstić information content (AvgIpc) is 3.30. The predicted octanol–water partition coefficient (Wildman–Crippen LogP) is 3.40. The summed E-state index contributed by atoms with van der Waals surface area (Å²) in [5.41, 5.74) is 1.07. The highest BCUT2D eigenvalue weighted by Gasteiger charge is 2.47. The molecule has 0 radical (unpaired) electrons. The lowest BCUT2D eigenvalue weighted by Crippen LogP contribution is -2.44. The molecule has 3 fully saturated rings. The van der Waals surface area contributed by atoms with Crippen LogP contribution in [0.1, 0.15) is 49.0 Å². The van der Waals surface area contributed by atoms with E-state index in [9.17, 15) is 18.0 Å². The molecule has 7 nitrogen and oxygen atoms in total. The number of likely N-dealkylation sites (tertiary alicyclic amines) is 2. The van der Waals surface area contributed by atoms with Gasteiger partial charge in [-0.2, -0.15) is 13.2 Å². The molecule has 1 aromatic heterocycles. The van der Waals surface area contributed by atoms with E-state index in [1.54, 1.807) is 7.11 Å². The Labute approximate surface area is 192 Å². The predicted molar refractivity (Wildman–Crippen MR) is 116 cm³/mol. The molecule has 0 bridgehead atoms. The maximum Gasteiger partial charge on any atom is 0.490 e. The Morgan fingerprint density at radius 2 is 1.88 bits per heavy atom. The van der Waals surface area contributed by atoms with Crippen LogP contribution in [0.5, 0.6) is 0 Å². The van der Waals surface area contributed by atoms with Crippen molar-refractivity contribution < 1.29 is 32.6 Å². The number of hydrogen-bond acceptors (Lipinski definition) is 4. The van der Waals surface area contributed by atoms with Crippen LogP contribution in [0.4, 0.5) is 13.2 Å². The minimum absolute atomic E-state index is 0.160. The molecule has 2 aliphatic heterocycles. The number of aryl methyl sites for hydroxylation is 1. The zero-order valence-electron chi connectivity index (χ0n) is 19.3. The van der Waals surface area contributed by atoms with Gasteiger partial charge in [0.25, 0.3) is 5.91 Å². The zero-order valence-corrected chi connectivity index (χ0v) is 19.3. The fourth-order valence-electron chi connectivity index (χ4n) is 5.19. The van der Waals surface area contributed by atoms with Gasteiger partial charge in [0.2, 0.25) is 0 Å². The Bertz CT molecular complexity index is 814. The van der Waals surface area contributed by atoms with Crippen molar-refractivity contribution in [2.24, 2.45) is 18.4 Å². The van der Waals surface area contributed by atoms with E-state index in [4.69, 9.17) is 14.6 Å². The molecule has 1 saturated carbocycles. The summed E-state index contributed by atoms with van der Waals surface area (Å²) in [5.74, 6) is -1.65. The van der Waals surface area contributed by atoms with Crippen LogP contribution in [0.15, 0.2) is 18.3 Å². The maximum absolute atomic E-state index is 13.1. The van der Waals surface area contributed by atoms with E-state index in [2.05, 4.69) is 9.80 Å². The van der Waals surface area contributed by atoms with Crippen LogP contribution in [-0.2, 0) is 16.6 Å². The van der Waals surface area contributed by atoms with E-state index in [-0.39, 0.29) is 11.9 Å². The van der Waals surface area contributed by atoms with Gasteiger partial charge in [0.05, 0.1) is 12.6 Å². The number of ether oxygens (including phenoxy) is 1. The van der Waals surface area contributed by atoms with Crippen LogP contribution in [0, 0.1) is 11.3 Å². The average molecular weight is 474 g/mol. The number of aliphatic carboxylic acids is 1. The summed E-state index contributed by atoms with van der Waals surface area (Å²) in [7, 11) is 3.70. The van der Waals surface area contributed by atoms with Crippen LogP contribution >= 0.6 is 0 Å². The Morgan fingerprint density at radius 1 is 1.24 bits per heavy atom. The molecule has 3 heterocycles. The first-order chi connectivity index (χ1) is 15.5. The standard InChI is InChI=1S/C21H33N3O2.C2HF3O2/c1-22-10-4-7-19(22)20(25)24-16-21(13-18(24)15-26-2)8-11-23(12-9-21)14-17-5-3-6-17;3-2(4,5)1(6)7/h4,7,10,17-18H,3,5-6,8-9,11-16H2,1-2H3;(H,6,7). The normalized spacial score (nSPS) is 23.2. The van der Waals surface area contributed by atoms with Crippen molar-refractivity contribution >= 4 is 11.9 Å². The third kappa shape index (κ3) is 6.29. The van der Waals surface area contributed by atoms with Gasteiger partial charge in [0.15, 0.2) is 0 Å². The smallest absolute Gasteiger partial charge is 0.475 e. The first kappa shape index (κ1) is 25.6. The Balaban J connectivity index is 0.000000383. The number of carbonyl (C=O) groups is 2. The van der Waals surface area contributed by atoms with Crippen molar-refractivity contribution in [2.45, 2.75) is 50.7 Å². The molecule has 186 valence electrons. The molecule has 1 aliphatic carbocycles. The number of hydrogen-bond donors (Lipinski definition) is 1. The minimum Gasteiger partial charge on any atom is -0.475 e. The van der Waals surface area contributed by atoms with E-state index >= 15 is 0 Å². The fraction of sp³-hybridized carbons (Fsp3) is 0.739. The number of alkyl halides is 3. The van der Waals surface area contributed by atoms with Crippen molar-refractivity contribution in [1.29, 1.82) is 0 Å². The first-order valence-corrected chi connectivity index (χ1v) is 11.5. The Hall–Kier alpha value is -2.07. The van der Waals surface area contributed by atoms with Gasteiger partial charge in [0, 0.05) is 33.4 Å². The zero-order chi connectivity index (χ0) is 24.2. The summed E-state index contributed by atoms with van der Waals surface area (Å²) >= 11 is 0. The monoisotopic (exact) mass is 473 g/mol. The van der Waals surface area contributed by atoms with E-state index in [0.717, 1.165) is 24.6 Å². The quantitative estimate of drug-likeness (QED) is 0.710. The number of carboxylic acids is 1. The molecule has 4 rings (SSSR count). The van der Waals surface area contributed by atoms with Gasteiger partial charge in [0.1, 0.15) is 5.69 Å². The number of carboxylic acid groups (broad SMARTS) is 1. The van der Waals surface area contributed by atoms with E-state index < -0.39 is 12.1 Å². The topological polar surface area (TPSA) is 75.0 Å². The Kier molecular flexibility index (Phi) is 8.10. The van der Waals surface area contributed by atoms with E-state index in [1.807, 2.05) is 29.9 Å². The highest BCUT2D eigenvalue weighted by molar-refractivity contribution is 5.93. The highest BCUT2D eigenvalue weighted by Crippen LogP contribution is 2.44. The number of carbonyl (C=O) groups excluding carboxylic acids is 1. The molecule has 0 aromatic carbocycles. The van der Waals surface area contributed by atoms with E-state index in [0.29, 0.717) is 12.0 Å². The molecule has 1 amide bonds. The van der Waals surface area contributed by atoms with Gasteiger partial charge in [-0.05, 0) is 68.7 Å². The van der Waals surface area contributed by atoms with Crippen molar-refractivity contribution in [3.63, 3.8) is 0 Å². The molecular formula is C23H34F3N3O4. The van der Waals surface area contributed by atoms with Crippen LogP contribution in [0.3, 0.4) is 0 Å². The second-order valence-electron chi connectivity index (χ2n) is 9.65. The van der Waals surface area contributed by atoms with Gasteiger partial charge in [-0.3, -0.25) is 4.79 Å². The van der Waals surface area contributed by atoms with Crippen molar-refractivity contribution in [3.8, 4) is 0 Å². The first-order valence-electron chi connectivity index (χ1n) is 11.5. The number of rotatable bonds is 5. The SMILES string of the molecule is COCC1CC2(CCN(CC3CCC3)CC2)CN1C(=O)c1cccn1C.O=C(O)C(F)(F)F. The summed E-state index contributed by atoms with van der Waals surface area (Å²) in [4.78, 5) is 26.8. The summed E-state index contributed by atoms with van der Waals surface area (Å²) in [6.45, 7) is 5.22. The van der Waals surface area contributed by atoms with Crippen LogP contribution in [0.25, 0.3) is 0 Å². The molecule has 33 heavy (non-hydrogen) atoms. The van der Waals surface area contributed by atoms with Crippen molar-refractivity contribution in [1.82, 2.24) is 14.4 Å². The molecule has 10 heteroatoms. The van der Waals surface area contributed by atoms with Crippen molar-refractivity contribution in [3.05, 3.63) is 24.0 Å². The maximum atomic E-state index is 13.1. The molecule has 1 unspecified atom stereocenters. The third-order valence-electron chi connectivity index (χ3n) is 7.30. The minimum atomic E-state index is -5.08. The number of aromatic nitrogens is 1. The van der Waals surface area contributed by atoms with Crippen molar-refractivity contribution in [2.75, 3.05) is 39.9 Å². The van der Waals surface area contributed by atoms with Gasteiger partial charge in [-0.1, -0.05) is 6.42 Å². The molecule has 1 atom stereocenters. The molecule has 1 N–H and O–H groups in total. The summed E-state index contributed by atoms with van der Waals surface area (Å²) in [6.07, 6.45) is 4.68. The lowest BCUT2D eigenvalue weighted by Gasteiger charge is -2.41. The van der Waals surface area contributed by atoms with E-state index in [1.165, 1.54) is 51.7 Å². The second kappa shape index (κ2) is 10.5. The number of methoxy groups -OCH3 is 1. The molecular weight excluding hydrogens is 439 g/mol. The third-order valence-corrected chi connectivity index (χ3v) is 7.30. The lowest BCUT2D eigenvalue weighted by molar-refractivity contribution is -0.192. The number of amides is 1. The number of nitrogens with zero attached hydrogens (tertiary/aromatic N) is 3. The highest BCUT2D eigenvalue weighted by atomic mass is 19.4. The van der Waals surface area contributed by atoms with Crippen LogP contribution < -0.4 is 0 Å². The molecule has 3 aliphatic rings. The molecule has 1 spiro atoms. The number of halogens is 3. The Morgan fingerprint density at radius 3 is 2.33 bits per heavy atom. The molecule has 2 saturated heterocycles. The van der Waals surface area contributed by atoms with Gasteiger partial charge in [-0.15, -0.1) is 0 Å². The largest absolute Gasteiger partial charge is 0.490 e. The van der Waals surface area contributed by atoms with Gasteiger partial charge in [-0.25, -0.2) is 4.79 Å². The van der Waals surface area contributed by atoms with Crippen LogP contribution in [0.2, 0.25) is 0 Å². The van der Waals surface area contributed by atoms with Gasteiger partial charge < -0.3 is 24.2 Å². The van der Waals surface area contributed by atoms with Crippen LogP contribution in [-0.4, -0.2) is 83.5 Å². The second-order valence-corrected chi connectivity index (χ2v) is 9.65. The summed E-state index contributed by atoms with van der Waals surface area (Å²) < 4.78 is 39.1. The summed E-state index contributed by atoms with van der Waals surface area (Å²) in [5, 5.41) is 7.12. The van der Waals surface area contributed by atoms with Gasteiger partial charge >= 0.3 is 12.1 Å². The molecule has 1 aromatic rings. The summed E-state index contributed by atoms with van der Waals surface area (Å²) in [6, 6.07) is 4.09. The fourth-order valence-corrected chi connectivity index (χ4v) is 5.19. The lowest BCUT2D eigenvalue weighted by atomic mass is 9.76. The number of piperidine rings is 1.